The van der Waals surface area contributed by atoms with Crippen molar-refractivity contribution in [2.24, 2.45) is 5.73 Å². The summed E-state index contributed by atoms with van der Waals surface area (Å²) in [7, 11) is 2.06. The summed E-state index contributed by atoms with van der Waals surface area (Å²) in [6.45, 7) is 0.692. The molecule has 0 amide bonds. The van der Waals surface area contributed by atoms with Crippen LogP contribution in [-0.4, -0.2) is 36.1 Å². The lowest BCUT2D eigenvalue weighted by Gasteiger charge is -2.15. The zero-order valence-electron chi connectivity index (χ0n) is 12.1. The van der Waals surface area contributed by atoms with Gasteiger partial charge in [-0.1, -0.05) is 30.4 Å². The fourth-order valence-corrected chi connectivity index (χ4v) is 1.51. The molecule has 1 aliphatic rings. The Labute approximate surface area is 124 Å². The van der Waals surface area contributed by atoms with Crippen LogP contribution < -0.4 is 11.5 Å². The van der Waals surface area contributed by atoms with Crippen LogP contribution in [0.3, 0.4) is 0 Å². The van der Waals surface area contributed by atoms with Gasteiger partial charge in [-0.2, -0.15) is 0 Å². The smallest absolute Gasteiger partial charge is 0.317 e. The van der Waals surface area contributed by atoms with Crippen LogP contribution in [0.5, 0.6) is 0 Å². The van der Waals surface area contributed by atoms with Crippen molar-refractivity contribution >= 4 is 17.7 Å². The third-order valence-electron chi connectivity index (χ3n) is 2.72. The third kappa shape index (κ3) is 6.98. The van der Waals surface area contributed by atoms with E-state index in [2.05, 4.69) is 48.2 Å². The molecule has 1 aromatic carbocycles. The van der Waals surface area contributed by atoms with Crippen molar-refractivity contribution < 1.29 is 9.90 Å². The second-order valence-electron chi connectivity index (χ2n) is 4.56. The molecule has 0 atom stereocenters. The van der Waals surface area contributed by atoms with Gasteiger partial charge in [0.05, 0.1) is 6.54 Å². The quantitative estimate of drug-likeness (QED) is 0.736. The minimum atomic E-state index is -0.968. The molecule has 21 heavy (non-hydrogen) atoms. The molecule has 2 rings (SSSR count). The van der Waals surface area contributed by atoms with E-state index in [1.54, 1.807) is 0 Å². The van der Waals surface area contributed by atoms with E-state index in [4.69, 9.17) is 10.8 Å². The maximum Gasteiger partial charge on any atom is 0.317 e. The summed E-state index contributed by atoms with van der Waals surface area (Å²) in [4.78, 5) is 11.4. The molecule has 0 aromatic heterocycles. The number of carboxylic acid groups (broad SMARTS) is 1. The number of carboxylic acids is 1. The molecule has 1 aliphatic heterocycles. The Balaban J connectivity index is 0.000000383. The van der Waals surface area contributed by atoms with Crippen LogP contribution in [0.25, 0.3) is 6.08 Å². The summed E-state index contributed by atoms with van der Waals surface area (Å²) < 4.78 is 0. The number of allylic oxidation sites excluding steroid dienone is 3. The van der Waals surface area contributed by atoms with Gasteiger partial charge in [-0.3, -0.25) is 4.79 Å². The molecule has 5 nitrogen and oxygen atoms in total. The second kappa shape index (κ2) is 8.60. The fourth-order valence-electron chi connectivity index (χ4n) is 1.51. The largest absolute Gasteiger partial charge is 0.480 e. The van der Waals surface area contributed by atoms with E-state index in [1.165, 1.54) is 11.1 Å². The molecule has 0 aliphatic carbocycles. The topological polar surface area (TPSA) is 92.6 Å². The molecule has 1 heterocycles. The summed E-state index contributed by atoms with van der Waals surface area (Å²) in [6, 6.07) is 7.87. The van der Waals surface area contributed by atoms with Crippen molar-refractivity contribution in [3.05, 3.63) is 59.8 Å². The van der Waals surface area contributed by atoms with Crippen molar-refractivity contribution in [3.63, 3.8) is 0 Å². The number of carbonyl (C=O) groups is 1. The highest BCUT2D eigenvalue weighted by Gasteiger charge is 1.96. The van der Waals surface area contributed by atoms with E-state index in [9.17, 15) is 4.79 Å². The van der Waals surface area contributed by atoms with Gasteiger partial charge in [-0.05, 0) is 35.5 Å². The molecule has 0 spiro atoms. The zero-order chi connectivity index (χ0) is 15.7. The molecule has 1 aromatic rings. The highest BCUT2D eigenvalue weighted by molar-refractivity contribution is 5.68. The van der Waals surface area contributed by atoms with E-state index in [0.29, 0.717) is 0 Å². The Hall–Kier alpha value is -2.53. The lowest BCUT2D eigenvalue weighted by atomic mass is 10.1. The lowest BCUT2D eigenvalue weighted by molar-refractivity contribution is -0.135. The lowest BCUT2D eigenvalue weighted by Crippen LogP contribution is -2.12. The molecular formula is C16H21N3O2. The number of hydrogen-bond acceptors (Lipinski definition) is 4. The predicted molar refractivity (Wildman–Crippen MR) is 86.4 cm³/mol. The van der Waals surface area contributed by atoms with Crippen LogP contribution in [-0.2, 0) is 4.79 Å². The zero-order valence-corrected chi connectivity index (χ0v) is 12.1. The molecule has 0 saturated heterocycles. The number of aliphatic carboxylic acids is 1. The van der Waals surface area contributed by atoms with Gasteiger partial charge in [0.25, 0.3) is 0 Å². The summed E-state index contributed by atoms with van der Waals surface area (Å²) in [6.07, 6.45) is 10.6. The molecule has 0 saturated carbocycles. The Kier molecular flexibility index (Phi) is 6.77. The van der Waals surface area contributed by atoms with E-state index >= 15 is 0 Å². The van der Waals surface area contributed by atoms with Gasteiger partial charge < -0.3 is 21.5 Å². The van der Waals surface area contributed by atoms with Gasteiger partial charge >= 0.3 is 5.97 Å². The van der Waals surface area contributed by atoms with E-state index in [1.807, 2.05) is 24.3 Å². The molecule has 0 unspecified atom stereocenters. The first-order valence-corrected chi connectivity index (χ1v) is 6.55. The Morgan fingerprint density at radius 2 is 1.95 bits per heavy atom. The Bertz CT molecular complexity index is 545. The minimum Gasteiger partial charge on any atom is -0.480 e. The fraction of sp³-hybridized carbons (Fsp3) is 0.188. The number of rotatable bonds is 3. The third-order valence-corrected chi connectivity index (χ3v) is 2.72. The number of benzene rings is 1. The highest BCUT2D eigenvalue weighted by Crippen LogP contribution is 2.11. The van der Waals surface area contributed by atoms with Gasteiger partial charge in [0.2, 0.25) is 0 Å². The normalized spacial score (nSPS) is 13.6. The summed E-state index contributed by atoms with van der Waals surface area (Å²) in [5.74, 6) is -0.968. The van der Waals surface area contributed by atoms with Crippen molar-refractivity contribution in [2.45, 2.75) is 0 Å². The summed E-state index contributed by atoms with van der Waals surface area (Å²) >= 11 is 0. The van der Waals surface area contributed by atoms with E-state index < -0.39 is 5.97 Å². The van der Waals surface area contributed by atoms with Crippen LogP contribution in [0.15, 0.2) is 54.3 Å². The SMILES string of the molecule is CN1C=CC(C=Cc2ccc(N)cc2)=CC1.NCC(=O)O. The van der Waals surface area contributed by atoms with Crippen molar-refractivity contribution in [2.75, 3.05) is 25.9 Å². The number of likely N-dealkylation sites (N-methyl/N-ethyl adjacent to an activating group) is 1. The first-order chi connectivity index (χ1) is 10.0. The number of nitrogen functional groups attached to an aromatic ring is 1. The average Bonchev–Trinajstić information content (AvgIpc) is 2.49. The number of nitrogens with two attached hydrogens (primary N) is 2. The number of nitrogens with zero attached hydrogens (tertiary/aromatic N) is 1. The maximum absolute atomic E-state index is 9.24. The number of hydrogen-bond donors (Lipinski definition) is 3. The molecule has 0 bridgehead atoms. The monoisotopic (exact) mass is 287 g/mol. The minimum absolute atomic E-state index is 0.278. The summed E-state index contributed by atoms with van der Waals surface area (Å²) in [5, 5.41) is 7.60. The van der Waals surface area contributed by atoms with Crippen LogP contribution in [0.2, 0.25) is 0 Å². The summed E-state index contributed by atoms with van der Waals surface area (Å²) in [5.41, 5.74) is 13.4. The van der Waals surface area contributed by atoms with Crippen molar-refractivity contribution in [1.82, 2.24) is 4.90 Å². The van der Waals surface area contributed by atoms with Gasteiger partial charge in [0.15, 0.2) is 0 Å². The van der Waals surface area contributed by atoms with Gasteiger partial charge in [-0.25, -0.2) is 0 Å². The van der Waals surface area contributed by atoms with Crippen LogP contribution in [0.1, 0.15) is 5.56 Å². The first kappa shape index (κ1) is 16.5. The Morgan fingerprint density at radius 1 is 1.33 bits per heavy atom. The maximum atomic E-state index is 9.24. The molecule has 112 valence electrons. The van der Waals surface area contributed by atoms with Crippen LogP contribution in [0.4, 0.5) is 5.69 Å². The van der Waals surface area contributed by atoms with E-state index in [-0.39, 0.29) is 6.54 Å². The van der Waals surface area contributed by atoms with Crippen molar-refractivity contribution in [1.29, 1.82) is 0 Å². The van der Waals surface area contributed by atoms with Crippen molar-refractivity contribution in [3.8, 4) is 0 Å². The molecule has 5 N–H and O–H groups in total. The average molecular weight is 287 g/mol. The van der Waals surface area contributed by atoms with Gasteiger partial charge in [0, 0.05) is 19.3 Å². The second-order valence-corrected chi connectivity index (χ2v) is 4.56. The highest BCUT2D eigenvalue weighted by atomic mass is 16.4. The van der Waals surface area contributed by atoms with Crippen LogP contribution >= 0.6 is 0 Å². The molecule has 5 heteroatoms. The standard InChI is InChI=1S/C14H16N2.C2H5NO2/c1-16-10-8-13(9-11-16)3-2-12-4-6-14(15)7-5-12;3-1-2(4)5/h2-10H,11,15H2,1H3;1,3H2,(H,4,5). The van der Waals surface area contributed by atoms with E-state index in [0.717, 1.165) is 12.2 Å². The van der Waals surface area contributed by atoms with Gasteiger partial charge in [-0.15, -0.1) is 0 Å². The molecular weight excluding hydrogens is 266 g/mol. The van der Waals surface area contributed by atoms with Crippen LogP contribution in [0, 0.1) is 0 Å². The predicted octanol–water partition coefficient (Wildman–Crippen LogP) is 1.70. The Morgan fingerprint density at radius 3 is 2.43 bits per heavy atom. The van der Waals surface area contributed by atoms with Gasteiger partial charge in [0.1, 0.15) is 0 Å². The first-order valence-electron chi connectivity index (χ1n) is 6.55. The molecule has 0 fully saturated rings. The molecule has 0 radical (unpaired) electrons. The number of anilines is 1.